The van der Waals surface area contributed by atoms with Gasteiger partial charge in [0, 0.05) is 23.8 Å². The van der Waals surface area contributed by atoms with Crippen LogP contribution in [0.3, 0.4) is 0 Å². The lowest BCUT2D eigenvalue weighted by molar-refractivity contribution is -0.351. The molecule has 2 fully saturated rings. The van der Waals surface area contributed by atoms with E-state index in [2.05, 4.69) is 11.3 Å². The Kier molecular flexibility index (Phi) is 3.35. The normalized spacial score (nSPS) is 38.8. The molecule has 2 aliphatic carbocycles. The summed E-state index contributed by atoms with van der Waals surface area (Å²) in [6.07, 6.45) is -5.23. The maximum Gasteiger partial charge on any atom is 0.423 e. The van der Waals surface area contributed by atoms with Crippen molar-refractivity contribution in [3.05, 3.63) is 12.7 Å². The highest BCUT2D eigenvalue weighted by molar-refractivity contribution is 5.81. The number of ether oxygens (including phenoxy) is 1. The summed E-state index contributed by atoms with van der Waals surface area (Å²) in [6, 6.07) is 0. The molecule has 0 spiro atoms. The van der Waals surface area contributed by atoms with E-state index in [1.54, 1.807) is 0 Å². The van der Waals surface area contributed by atoms with E-state index in [1.165, 1.54) is 0 Å². The molecule has 0 aromatic carbocycles. The van der Waals surface area contributed by atoms with E-state index in [1.807, 2.05) is 0 Å². The van der Waals surface area contributed by atoms with E-state index in [4.69, 9.17) is 0 Å². The Morgan fingerprint density at radius 3 is 2.45 bits per heavy atom. The number of hydrogen-bond acceptors (Lipinski definition) is 3. The minimum atomic E-state index is -5.39. The van der Waals surface area contributed by atoms with Gasteiger partial charge in [0.05, 0.1) is 6.61 Å². The zero-order valence-corrected chi connectivity index (χ0v) is 10.3. The van der Waals surface area contributed by atoms with Gasteiger partial charge in [-0.1, -0.05) is 6.58 Å². The number of alkyl halides is 5. The van der Waals surface area contributed by atoms with Crippen molar-refractivity contribution in [1.29, 1.82) is 0 Å². The number of rotatable bonds is 3. The molecule has 8 heteroatoms. The van der Waals surface area contributed by atoms with Crippen molar-refractivity contribution in [2.24, 2.45) is 17.8 Å². The van der Waals surface area contributed by atoms with Gasteiger partial charge in [0.15, 0.2) is 0 Å². The Morgan fingerprint density at radius 2 is 2.00 bits per heavy atom. The van der Waals surface area contributed by atoms with Crippen LogP contribution in [0.4, 0.5) is 22.0 Å². The molecule has 114 valence electrons. The van der Waals surface area contributed by atoms with Gasteiger partial charge in [0.25, 0.3) is 5.92 Å². The average Bonchev–Trinajstić information content (AvgIpc) is 2.84. The monoisotopic (exact) mass is 300 g/mol. The van der Waals surface area contributed by atoms with E-state index >= 15 is 0 Å². The van der Waals surface area contributed by atoms with Crippen LogP contribution in [-0.4, -0.2) is 35.4 Å². The molecule has 20 heavy (non-hydrogen) atoms. The first-order valence-electron chi connectivity index (χ1n) is 6.01. The van der Waals surface area contributed by atoms with Crippen molar-refractivity contribution >= 4 is 5.97 Å². The highest BCUT2D eigenvalue weighted by atomic mass is 19.4. The van der Waals surface area contributed by atoms with Crippen molar-refractivity contribution in [2.75, 3.05) is 6.61 Å². The Bertz CT molecular complexity index is 433. The number of aliphatic hydroxyl groups is 1. The Hall–Kier alpha value is -1.18. The molecule has 2 aliphatic rings. The van der Waals surface area contributed by atoms with Crippen molar-refractivity contribution < 1.29 is 36.6 Å². The largest absolute Gasteiger partial charge is 0.462 e. The fourth-order valence-corrected chi connectivity index (χ4v) is 3.32. The molecular weight excluding hydrogens is 287 g/mol. The number of hydrogen-bond donors (Lipinski definition) is 1. The number of fused-ring (bicyclic) bond motifs is 2. The number of halogens is 5. The van der Waals surface area contributed by atoms with Crippen LogP contribution in [0.25, 0.3) is 0 Å². The number of carbonyl (C=O) groups excluding carboxylic acids is 1. The molecule has 0 aliphatic heterocycles. The standard InChI is InChI=1S/C12H13F5O3/c1-2-9(18)20-5-6-3-7-4-8(6)11(13,14)10(7,19)12(15,16)17/h2,6-8,19H,1,3-5H2. The molecule has 2 saturated carbocycles. The predicted molar refractivity (Wildman–Crippen MR) is 56.8 cm³/mol. The van der Waals surface area contributed by atoms with Gasteiger partial charge >= 0.3 is 12.1 Å². The molecular formula is C12H13F5O3. The van der Waals surface area contributed by atoms with Gasteiger partial charge in [0.2, 0.25) is 5.60 Å². The molecule has 0 radical (unpaired) electrons. The Labute approximate surface area is 111 Å². The Morgan fingerprint density at radius 1 is 1.40 bits per heavy atom. The molecule has 0 amide bonds. The summed E-state index contributed by atoms with van der Waals surface area (Å²) in [7, 11) is 0. The SMILES string of the molecule is C=CC(=O)OCC1CC2CC1C(F)(F)C2(O)C(F)(F)F. The summed E-state index contributed by atoms with van der Waals surface area (Å²) in [5.41, 5.74) is -3.98. The van der Waals surface area contributed by atoms with Gasteiger partial charge in [-0.3, -0.25) is 0 Å². The summed E-state index contributed by atoms with van der Waals surface area (Å²) in [5, 5.41) is 9.49. The molecule has 1 N–H and O–H groups in total. The fourth-order valence-electron chi connectivity index (χ4n) is 3.32. The zero-order valence-electron chi connectivity index (χ0n) is 10.3. The van der Waals surface area contributed by atoms with Crippen LogP contribution in [0.15, 0.2) is 12.7 Å². The molecule has 0 aromatic rings. The van der Waals surface area contributed by atoms with E-state index < -0.39 is 54.5 Å². The predicted octanol–water partition coefficient (Wildman–Crippen LogP) is 2.30. The van der Waals surface area contributed by atoms with Gasteiger partial charge in [-0.2, -0.15) is 13.2 Å². The maximum atomic E-state index is 13.9. The van der Waals surface area contributed by atoms with Crippen LogP contribution in [0.1, 0.15) is 12.8 Å². The first-order valence-corrected chi connectivity index (χ1v) is 6.01. The number of esters is 1. The smallest absolute Gasteiger partial charge is 0.423 e. The van der Waals surface area contributed by atoms with Crippen LogP contribution < -0.4 is 0 Å². The van der Waals surface area contributed by atoms with Gasteiger partial charge < -0.3 is 9.84 Å². The number of carbonyl (C=O) groups is 1. The van der Waals surface area contributed by atoms with Gasteiger partial charge in [-0.05, 0) is 12.8 Å². The summed E-state index contributed by atoms with van der Waals surface area (Å²) in [4.78, 5) is 10.9. The van der Waals surface area contributed by atoms with Crippen LogP contribution in [0, 0.1) is 17.8 Å². The topological polar surface area (TPSA) is 46.5 Å². The lowest BCUT2D eigenvalue weighted by Gasteiger charge is -2.42. The van der Waals surface area contributed by atoms with E-state index in [0.29, 0.717) is 0 Å². The van der Waals surface area contributed by atoms with Gasteiger partial charge in [0.1, 0.15) is 0 Å². The maximum absolute atomic E-state index is 13.9. The van der Waals surface area contributed by atoms with Gasteiger partial charge in [-0.15, -0.1) is 0 Å². The van der Waals surface area contributed by atoms with Crippen LogP contribution in [0.5, 0.6) is 0 Å². The third kappa shape index (κ3) is 1.84. The van der Waals surface area contributed by atoms with Crippen molar-refractivity contribution in [3.8, 4) is 0 Å². The summed E-state index contributed by atoms with van der Waals surface area (Å²) in [5.74, 6) is -9.20. The van der Waals surface area contributed by atoms with Crippen LogP contribution in [-0.2, 0) is 9.53 Å². The highest BCUT2D eigenvalue weighted by Gasteiger charge is 2.81. The molecule has 4 atom stereocenters. The lowest BCUT2D eigenvalue weighted by atomic mass is 9.75. The quantitative estimate of drug-likeness (QED) is 0.494. The van der Waals surface area contributed by atoms with Crippen molar-refractivity contribution in [3.63, 3.8) is 0 Å². The molecule has 0 saturated heterocycles. The first-order chi connectivity index (χ1) is 9.05. The summed E-state index contributed by atoms with van der Waals surface area (Å²) in [6.45, 7) is 2.73. The summed E-state index contributed by atoms with van der Waals surface area (Å²) < 4.78 is 70.7. The Balaban J connectivity index is 2.16. The molecule has 2 rings (SSSR count). The summed E-state index contributed by atoms with van der Waals surface area (Å²) >= 11 is 0. The fraction of sp³-hybridized carbons (Fsp3) is 0.750. The third-order valence-corrected chi connectivity index (χ3v) is 4.30. The minimum absolute atomic E-state index is 0.249. The molecule has 4 unspecified atom stereocenters. The van der Waals surface area contributed by atoms with E-state index in [0.717, 1.165) is 6.08 Å². The second-order valence-electron chi connectivity index (χ2n) is 5.26. The second-order valence-corrected chi connectivity index (χ2v) is 5.26. The minimum Gasteiger partial charge on any atom is -0.462 e. The first kappa shape index (κ1) is 15.2. The zero-order chi connectivity index (χ0) is 15.3. The van der Waals surface area contributed by atoms with E-state index in [-0.39, 0.29) is 6.42 Å². The highest BCUT2D eigenvalue weighted by Crippen LogP contribution is 2.66. The van der Waals surface area contributed by atoms with Crippen molar-refractivity contribution in [1.82, 2.24) is 0 Å². The van der Waals surface area contributed by atoms with Crippen molar-refractivity contribution in [2.45, 2.75) is 30.5 Å². The lowest BCUT2D eigenvalue weighted by Crippen LogP contribution is -2.63. The van der Waals surface area contributed by atoms with Crippen LogP contribution >= 0.6 is 0 Å². The molecule has 3 nitrogen and oxygen atoms in total. The van der Waals surface area contributed by atoms with E-state index in [9.17, 15) is 31.9 Å². The van der Waals surface area contributed by atoms with Crippen LogP contribution in [0.2, 0.25) is 0 Å². The van der Waals surface area contributed by atoms with Gasteiger partial charge in [-0.25, -0.2) is 13.6 Å². The molecule has 2 bridgehead atoms. The third-order valence-electron chi connectivity index (χ3n) is 4.30. The average molecular weight is 300 g/mol. The molecule has 0 aromatic heterocycles. The molecule has 0 heterocycles. The second kappa shape index (κ2) is 4.41.